The average molecular weight is 391 g/mol. The van der Waals surface area contributed by atoms with Gasteiger partial charge in [0.2, 0.25) is 0 Å². The molecular weight excluding hydrogens is 366 g/mol. The Balaban J connectivity index is 0.000001000. The van der Waals surface area contributed by atoms with Crippen LogP contribution < -0.4 is 0 Å². The molecule has 0 spiro atoms. The van der Waals surface area contributed by atoms with Gasteiger partial charge in [-0.15, -0.1) is 24.8 Å². The molecule has 3 heteroatoms. The van der Waals surface area contributed by atoms with Gasteiger partial charge in [-0.2, -0.15) is 0 Å². The van der Waals surface area contributed by atoms with Crippen LogP contribution in [0.3, 0.4) is 0 Å². The second kappa shape index (κ2) is 7.12. The fourth-order valence-electron chi connectivity index (χ4n) is 3.71. The summed E-state index contributed by atoms with van der Waals surface area (Å²) in [6.45, 7) is 7.19. The Morgan fingerprint density at radius 2 is 1.80 bits per heavy atom. The number of halogens is 2. The summed E-state index contributed by atoms with van der Waals surface area (Å²) in [5.74, 6) is 0. The van der Waals surface area contributed by atoms with Crippen LogP contribution in [-0.2, 0) is 23.2 Å². The number of rotatable bonds is 2. The standard InChI is InChI=1S/C11H15.C6H7.2ClH.Zr/c1-8-7-9(2)11-6-4-3-5-10(8)11;1-6-4-2-3-5-6;;;/h7H,3-6H2,1-2H3;2,4H,3H2,1H3;2*1H;. The summed E-state index contributed by atoms with van der Waals surface area (Å²) >= 11 is -0.515. The molecule has 1 atom stereocenters. The summed E-state index contributed by atoms with van der Waals surface area (Å²) in [6.07, 6.45) is 14.1. The van der Waals surface area contributed by atoms with Crippen molar-refractivity contribution in [1.82, 2.24) is 0 Å². The van der Waals surface area contributed by atoms with Crippen LogP contribution in [0.1, 0.15) is 52.9 Å². The molecule has 0 nitrogen and oxygen atoms in total. The molecule has 0 aromatic rings. The van der Waals surface area contributed by atoms with E-state index in [1.807, 2.05) is 8.85 Å². The molecule has 0 saturated heterocycles. The van der Waals surface area contributed by atoms with Crippen molar-refractivity contribution in [3.05, 3.63) is 43.8 Å². The third-order valence-electron chi connectivity index (χ3n) is 4.65. The molecule has 0 fully saturated rings. The molecule has 3 rings (SSSR count). The molecule has 0 bridgehead atoms. The maximum atomic E-state index is 2.63. The summed E-state index contributed by atoms with van der Waals surface area (Å²) in [5, 5.41) is 0. The van der Waals surface area contributed by atoms with Crippen molar-refractivity contribution in [1.29, 1.82) is 0 Å². The molecule has 3 aliphatic rings. The van der Waals surface area contributed by atoms with Crippen LogP contribution in [0.2, 0.25) is 3.12 Å². The van der Waals surface area contributed by atoms with Crippen LogP contribution in [-0.4, -0.2) is 0 Å². The van der Waals surface area contributed by atoms with E-state index in [0.717, 1.165) is 0 Å². The molecule has 110 valence electrons. The average Bonchev–Trinajstić information content (AvgIpc) is 2.84. The first-order chi connectivity index (χ1) is 8.60. The van der Waals surface area contributed by atoms with E-state index in [9.17, 15) is 0 Å². The normalized spacial score (nSPS) is 27.9. The fraction of sp³-hybridized carbons (Fsp3) is 0.529. The summed E-state index contributed by atoms with van der Waals surface area (Å²) in [4.78, 5) is 0. The topological polar surface area (TPSA) is 0 Å². The van der Waals surface area contributed by atoms with E-state index in [2.05, 4.69) is 39.0 Å². The maximum absolute atomic E-state index is 2.63. The van der Waals surface area contributed by atoms with Gasteiger partial charge in [0, 0.05) is 0 Å². The molecule has 0 aliphatic heterocycles. The summed E-state index contributed by atoms with van der Waals surface area (Å²) in [7, 11) is 0. The minimum absolute atomic E-state index is 0. The summed E-state index contributed by atoms with van der Waals surface area (Å²) < 4.78 is 2.32. The number of allylic oxidation sites excluding steroid dienone is 8. The predicted molar refractivity (Wildman–Crippen MR) is 88.6 cm³/mol. The van der Waals surface area contributed by atoms with Crippen LogP contribution in [0, 0.1) is 0 Å². The van der Waals surface area contributed by atoms with E-state index in [1.54, 1.807) is 16.7 Å². The Morgan fingerprint density at radius 3 is 2.45 bits per heavy atom. The fourth-order valence-corrected chi connectivity index (χ4v) is 8.24. The van der Waals surface area contributed by atoms with Crippen LogP contribution in [0.5, 0.6) is 0 Å². The van der Waals surface area contributed by atoms with Gasteiger partial charge in [0.25, 0.3) is 0 Å². The van der Waals surface area contributed by atoms with E-state index < -0.39 is 23.2 Å². The van der Waals surface area contributed by atoms with Crippen molar-refractivity contribution in [2.75, 3.05) is 0 Å². The molecule has 0 N–H and O–H groups in total. The van der Waals surface area contributed by atoms with Gasteiger partial charge in [0.15, 0.2) is 0 Å². The van der Waals surface area contributed by atoms with Crippen molar-refractivity contribution < 1.29 is 23.2 Å². The largest absolute Gasteiger partial charge is 0.147 e. The van der Waals surface area contributed by atoms with E-state index in [-0.39, 0.29) is 24.8 Å². The molecule has 0 heterocycles. The maximum Gasteiger partial charge on any atom is -0.147 e. The van der Waals surface area contributed by atoms with Gasteiger partial charge in [-0.3, -0.25) is 0 Å². The van der Waals surface area contributed by atoms with Crippen molar-refractivity contribution in [2.45, 2.75) is 56.0 Å². The first kappa shape index (κ1) is 18.5. The zero-order valence-electron chi connectivity index (χ0n) is 12.6. The van der Waals surface area contributed by atoms with E-state index in [0.29, 0.717) is 3.12 Å². The van der Waals surface area contributed by atoms with Gasteiger partial charge < -0.3 is 0 Å². The second-order valence-electron chi connectivity index (χ2n) is 6.09. The van der Waals surface area contributed by atoms with Gasteiger partial charge in [-0.1, -0.05) is 0 Å². The predicted octanol–water partition coefficient (Wildman–Crippen LogP) is 6.16. The molecule has 3 aliphatic carbocycles. The first-order valence-electron chi connectivity index (χ1n) is 7.17. The molecule has 0 amide bonds. The SMILES string of the molecule is CC1=C[C](C)([Zr][C]2=C(C)C=CC2)C2=C1CCCC2.Cl.Cl. The Bertz CT molecular complexity index is 511. The monoisotopic (exact) mass is 388 g/mol. The smallest absolute Gasteiger partial charge is 0.147 e. The van der Waals surface area contributed by atoms with Crippen molar-refractivity contribution in [2.24, 2.45) is 0 Å². The summed E-state index contributed by atoms with van der Waals surface area (Å²) in [5.41, 5.74) is 6.77. The molecule has 0 saturated carbocycles. The zero-order chi connectivity index (χ0) is 12.8. The van der Waals surface area contributed by atoms with Crippen LogP contribution in [0.4, 0.5) is 0 Å². The number of hydrogen-bond donors (Lipinski definition) is 0. The Labute approximate surface area is 147 Å². The molecule has 0 aromatic carbocycles. The molecule has 1 unspecified atom stereocenters. The van der Waals surface area contributed by atoms with E-state index >= 15 is 0 Å². The Hall–Kier alpha value is 0.423. The van der Waals surface area contributed by atoms with E-state index in [1.165, 1.54) is 32.1 Å². The molecular formula is C17H24Cl2Zr. The minimum atomic E-state index is -0.515. The summed E-state index contributed by atoms with van der Waals surface area (Å²) in [6, 6.07) is 0. The molecule has 20 heavy (non-hydrogen) atoms. The van der Waals surface area contributed by atoms with Crippen molar-refractivity contribution >= 4 is 24.8 Å². The number of hydrogen-bond acceptors (Lipinski definition) is 0. The minimum Gasteiger partial charge on any atom is -0.147 e. The third kappa shape index (κ3) is 3.26. The van der Waals surface area contributed by atoms with Crippen LogP contribution in [0.25, 0.3) is 0 Å². The Kier molecular flexibility index (Phi) is 6.58. The third-order valence-corrected chi connectivity index (χ3v) is 9.24. The van der Waals surface area contributed by atoms with E-state index in [4.69, 9.17) is 0 Å². The molecule has 0 radical (unpaired) electrons. The Morgan fingerprint density at radius 1 is 1.10 bits per heavy atom. The second-order valence-corrected chi connectivity index (χ2v) is 10.7. The van der Waals surface area contributed by atoms with Crippen molar-refractivity contribution in [3.8, 4) is 0 Å². The van der Waals surface area contributed by atoms with Gasteiger partial charge >= 0.3 is 123 Å². The van der Waals surface area contributed by atoms with Gasteiger partial charge in [0.05, 0.1) is 0 Å². The zero-order valence-corrected chi connectivity index (χ0v) is 16.7. The van der Waals surface area contributed by atoms with Gasteiger partial charge in [-0.05, 0) is 0 Å². The van der Waals surface area contributed by atoms with Crippen LogP contribution in [0.15, 0.2) is 43.8 Å². The van der Waals surface area contributed by atoms with Crippen molar-refractivity contribution in [3.63, 3.8) is 0 Å². The van der Waals surface area contributed by atoms with Crippen LogP contribution >= 0.6 is 24.8 Å². The first-order valence-corrected chi connectivity index (χ1v) is 9.63. The van der Waals surface area contributed by atoms with Gasteiger partial charge in [-0.25, -0.2) is 0 Å². The quantitative estimate of drug-likeness (QED) is 0.530. The van der Waals surface area contributed by atoms with Gasteiger partial charge in [0.1, 0.15) is 0 Å². The molecule has 0 aromatic heterocycles.